The highest BCUT2D eigenvalue weighted by atomic mass is 16.7. The highest BCUT2D eigenvalue weighted by molar-refractivity contribution is 6.04. The molecule has 1 aliphatic carbocycles. The lowest BCUT2D eigenvalue weighted by atomic mass is 9.74. The summed E-state index contributed by atoms with van der Waals surface area (Å²) in [7, 11) is 9.18. The number of Topliss-reactive ketones (excluding diaryl/α,β-unsaturated/α-hetero) is 1. The van der Waals surface area contributed by atoms with E-state index in [0.29, 0.717) is 19.4 Å². The van der Waals surface area contributed by atoms with Crippen LogP contribution in [-0.2, 0) is 38.0 Å². The average molecular weight is 712 g/mol. The van der Waals surface area contributed by atoms with Crippen LogP contribution in [0.15, 0.2) is 0 Å². The molecule has 0 radical (unpaired) electrons. The molecule has 10 atom stereocenters. The maximum absolute atomic E-state index is 14.4. The van der Waals surface area contributed by atoms with Crippen LogP contribution < -0.4 is 0 Å². The van der Waals surface area contributed by atoms with Crippen LogP contribution in [0.2, 0.25) is 0 Å². The molecule has 0 aromatic rings. The van der Waals surface area contributed by atoms with Crippen LogP contribution in [0.4, 0.5) is 0 Å². The highest BCUT2D eigenvalue weighted by Gasteiger charge is 2.52. The fourth-order valence-corrected chi connectivity index (χ4v) is 8.75. The van der Waals surface area contributed by atoms with Crippen molar-refractivity contribution in [1.29, 1.82) is 0 Å². The van der Waals surface area contributed by atoms with E-state index in [9.17, 15) is 14.7 Å². The van der Waals surface area contributed by atoms with E-state index in [1.807, 2.05) is 32.8 Å². The van der Waals surface area contributed by atoms with Gasteiger partial charge >= 0.3 is 5.97 Å². The zero-order chi connectivity index (χ0) is 37.0. The molecule has 4 aliphatic rings. The number of likely N-dealkylation sites (tertiary alicyclic amines) is 1. The molecule has 0 amide bonds. The molecule has 12 heteroatoms. The standard InChI is InChI=1S/C38H69N3O9/c1-24-19-38(6,46-11)34(50-35-31(42)29(39(7)8)18-25(2)49-35)26(3)33(43)37(4,5)36(44)47-22-30(40(9)20-24)32(48-23-45-10)28-14-16-41(17-15-28)21-27-12-13-27/h24-32,34-35,42H,12-23H2,1-11H3/t24-,25-,26+,29+,30+,31-,32+,34-,35+,38-/m1/s1. The van der Waals surface area contributed by atoms with Gasteiger partial charge in [0.05, 0.1) is 30.0 Å². The van der Waals surface area contributed by atoms with Crippen molar-refractivity contribution in [1.82, 2.24) is 14.7 Å². The second kappa shape index (κ2) is 17.7. The molecule has 0 bridgehead atoms. The number of carbonyl (C=O) groups is 2. The minimum Gasteiger partial charge on any atom is -0.463 e. The number of carbonyl (C=O) groups excluding carboxylic acids is 2. The first-order valence-electron chi connectivity index (χ1n) is 19.0. The van der Waals surface area contributed by atoms with Crippen molar-refractivity contribution in [3.63, 3.8) is 0 Å². The Morgan fingerprint density at radius 3 is 2.28 bits per heavy atom. The summed E-state index contributed by atoms with van der Waals surface area (Å²) in [6.45, 7) is 15.3. The fourth-order valence-electron chi connectivity index (χ4n) is 8.75. The molecule has 3 aliphatic heterocycles. The first-order valence-corrected chi connectivity index (χ1v) is 19.0. The predicted octanol–water partition coefficient (Wildman–Crippen LogP) is 3.43. The van der Waals surface area contributed by atoms with E-state index in [2.05, 4.69) is 23.8 Å². The monoisotopic (exact) mass is 712 g/mol. The lowest BCUT2D eigenvalue weighted by Gasteiger charge is -2.47. The van der Waals surface area contributed by atoms with Gasteiger partial charge in [-0.05, 0) is 118 Å². The molecule has 0 aromatic heterocycles. The number of nitrogens with zero attached hydrogens (tertiary/aromatic N) is 3. The zero-order valence-corrected chi connectivity index (χ0v) is 32.9. The van der Waals surface area contributed by atoms with Gasteiger partial charge in [-0.2, -0.15) is 0 Å². The van der Waals surface area contributed by atoms with Crippen LogP contribution >= 0.6 is 0 Å². The number of hydrogen-bond donors (Lipinski definition) is 1. The largest absolute Gasteiger partial charge is 0.463 e. The third kappa shape index (κ3) is 10.0. The van der Waals surface area contributed by atoms with Gasteiger partial charge in [0, 0.05) is 39.3 Å². The Hall–Kier alpha value is -1.22. The highest BCUT2D eigenvalue weighted by Crippen LogP contribution is 2.39. The van der Waals surface area contributed by atoms with E-state index in [4.69, 9.17) is 28.4 Å². The molecule has 4 fully saturated rings. The van der Waals surface area contributed by atoms with Crippen molar-refractivity contribution >= 4 is 11.8 Å². The van der Waals surface area contributed by atoms with Crippen molar-refractivity contribution in [3.05, 3.63) is 0 Å². The first kappa shape index (κ1) is 41.5. The topological polar surface area (TPSA) is 119 Å². The summed E-state index contributed by atoms with van der Waals surface area (Å²) in [5, 5.41) is 11.4. The van der Waals surface area contributed by atoms with Crippen molar-refractivity contribution in [2.24, 2.45) is 29.1 Å². The van der Waals surface area contributed by atoms with Gasteiger partial charge < -0.3 is 43.3 Å². The second-order valence-corrected chi connectivity index (χ2v) is 17.0. The van der Waals surface area contributed by atoms with Gasteiger partial charge in [-0.25, -0.2) is 0 Å². The molecular formula is C38H69N3O9. The number of aliphatic hydroxyl groups is 1. The Bertz CT molecular complexity index is 1100. The van der Waals surface area contributed by atoms with Crippen LogP contribution in [0.3, 0.4) is 0 Å². The normalized spacial score (nSPS) is 38.3. The third-order valence-electron chi connectivity index (χ3n) is 12.0. The minimum atomic E-state index is -1.47. The molecule has 50 heavy (non-hydrogen) atoms. The fraction of sp³-hybridized carbons (Fsp3) is 0.947. The van der Waals surface area contributed by atoms with E-state index in [-0.39, 0.29) is 55.3 Å². The summed E-state index contributed by atoms with van der Waals surface area (Å²) in [4.78, 5) is 35.1. The van der Waals surface area contributed by atoms with Gasteiger partial charge in [-0.15, -0.1) is 0 Å². The number of aliphatic hydroxyl groups excluding tert-OH is 1. The number of likely N-dealkylation sites (N-methyl/N-ethyl adjacent to an activating group) is 2. The molecule has 0 spiro atoms. The Morgan fingerprint density at radius 2 is 1.70 bits per heavy atom. The van der Waals surface area contributed by atoms with Crippen molar-refractivity contribution in [3.8, 4) is 0 Å². The summed E-state index contributed by atoms with van der Waals surface area (Å²) in [5.74, 6) is -0.481. The molecular weight excluding hydrogens is 642 g/mol. The SMILES string of the molecule is COCO[C@@H](C1CCN(CC2CC2)CC1)[C@@H]1COC(=O)C(C)(C)C(=O)[C@H](C)[C@@H](O[C@@H]2O[C@H](C)C[C@H](N(C)C)[C@H]2O)[C@](C)(OC)C[C@@H](C)CN1C. The summed E-state index contributed by atoms with van der Waals surface area (Å²) in [6, 6.07) is -0.440. The minimum absolute atomic E-state index is 0.0828. The van der Waals surface area contributed by atoms with Crippen LogP contribution in [0.1, 0.15) is 80.1 Å². The van der Waals surface area contributed by atoms with Gasteiger partial charge in [0.1, 0.15) is 24.9 Å². The number of rotatable bonds is 11. The summed E-state index contributed by atoms with van der Waals surface area (Å²) < 4.78 is 37.1. The van der Waals surface area contributed by atoms with Crippen molar-refractivity contribution in [2.75, 3.05) is 74.9 Å². The molecule has 290 valence electrons. The van der Waals surface area contributed by atoms with E-state index in [1.165, 1.54) is 19.4 Å². The predicted molar refractivity (Wildman–Crippen MR) is 190 cm³/mol. The number of cyclic esters (lactones) is 1. The van der Waals surface area contributed by atoms with E-state index < -0.39 is 41.4 Å². The van der Waals surface area contributed by atoms with Gasteiger partial charge in [0.25, 0.3) is 0 Å². The quantitative estimate of drug-likeness (QED) is 0.192. The number of ether oxygens (including phenoxy) is 6. The summed E-state index contributed by atoms with van der Waals surface area (Å²) in [5.41, 5.74) is -2.43. The van der Waals surface area contributed by atoms with Crippen LogP contribution in [0, 0.1) is 29.1 Å². The maximum Gasteiger partial charge on any atom is 0.319 e. The third-order valence-corrected chi connectivity index (χ3v) is 12.0. The number of esters is 1. The Labute approximate surface area is 301 Å². The Balaban J connectivity index is 1.64. The molecule has 3 heterocycles. The Kier molecular flexibility index (Phi) is 14.7. The molecule has 3 saturated heterocycles. The molecule has 0 unspecified atom stereocenters. The lowest BCUT2D eigenvalue weighted by Crippen LogP contribution is -2.59. The molecule has 0 aromatic carbocycles. The molecule has 4 rings (SSSR count). The van der Waals surface area contributed by atoms with Gasteiger partial charge in [-0.1, -0.05) is 13.8 Å². The Morgan fingerprint density at radius 1 is 1.04 bits per heavy atom. The van der Waals surface area contributed by atoms with Crippen LogP contribution in [0.5, 0.6) is 0 Å². The summed E-state index contributed by atoms with van der Waals surface area (Å²) in [6.07, 6.45) is 2.73. The number of piperidine rings is 1. The van der Waals surface area contributed by atoms with E-state index in [0.717, 1.165) is 31.8 Å². The van der Waals surface area contributed by atoms with Crippen molar-refractivity contribution in [2.45, 2.75) is 128 Å². The van der Waals surface area contributed by atoms with Gasteiger partial charge in [0.2, 0.25) is 0 Å². The maximum atomic E-state index is 14.4. The number of hydrogen-bond acceptors (Lipinski definition) is 12. The smallest absolute Gasteiger partial charge is 0.319 e. The van der Waals surface area contributed by atoms with E-state index >= 15 is 0 Å². The molecule has 1 N–H and O–H groups in total. The zero-order valence-electron chi connectivity index (χ0n) is 32.9. The van der Waals surface area contributed by atoms with Gasteiger partial charge in [0.15, 0.2) is 12.1 Å². The van der Waals surface area contributed by atoms with Crippen molar-refractivity contribution < 1.29 is 43.1 Å². The summed E-state index contributed by atoms with van der Waals surface area (Å²) >= 11 is 0. The first-order chi connectivity index (χ1) is 23.5. The average Bonchev–Trinajstić information content (AvgIpc) is 3.89. The van der Waals surface area contributed by atoms with Gasteiger partial charge in [-0.3, -0.25) is 14.5 Å². The molecule has 1 saturated carbocycles. The van der Waals surface area contributed by atoms with E-state index in [1.54, 1.807) is 35.0 Å². The second-order valence-electron chi connectivity index (χ2n) is 17.0. The lowest BCUT2D eigenvalue weighted by molar-refractivity contribution is -0.295. The van der Waals surface area contributed by atoms with Crippen LogP contribution in [0.25, 0.3) is 0 Å². The number of ketones is 1. The van der Waals surface area contributed by atoms with Crippen LogP contribution in [-0.4, -0.2) is 155 Å². The number of methoxy groups -OCH3 is 2. The molecule has 12 nitrogen and oxygen atoms in total.